The molecule has 0 saturated heterocycles. The van der Waals surface area contributed by atoms with Gasteiger partial charge in [0, 0.05) is 148 Å². The lowest BCUT2D eigenvalue weighted by atomic mass is 10.0. The normalized spacial score (nSPS) is 14.2. The van der Waals surface area contributed by atoms with E-state index in [-0.39, 0.29) is 96.0 Å². The summed E-state index contributed by atoms with van der Waals surface area (Å²) in [5, 5.41) is 27.7. The molecular formula is C84H105Cl2F3N14O14. The first-order valence-corrected chi connectivity index (χ1v) is 38.5. The number of amides is 8. The lowest BCUT2D eigenvalue weighted by Gasteiger charge is -2.28. The van der Waals surface area contributed by atoms with Crippen LogP contribution in [-0.2, 0) is 43.1 Å². The summed E-state index contributed by atoms with van der Waals surface area (Å²) in [6, 6.07) is 10.8. The van der Waals surface area contributed by atoms with Crippen molar-refractivity contribution in [3.63, 3.8) is 0 Å². The number of halogens is 5. The van der Waals surface area contributed by atoms with Crippen LogP contribution in [0.2, 0.25) is 0 Å². The average Bonchev–Trinajstić information content (AvgIpc) is 1.65. The van der Waals surface area contributed by atoms with Crippen molar-refractivity contribution in [2.45, 2.75) is 125 Å². The predicted molar refractivity (Wildman–Crippen MR) is 449 cm³/mol. The minimum Gasteiger partial charge on any atom is -0.478 e. The van der Waals surface area contributed by atoms with Gasteiger partial charge in [0.1, 0.15) is 28.8 Å². The van der Waals surface area contributed by atoms with Gasteiger partial charge >= 0.3 is 12.1 Å². The highest BCUT2D eigenvalue weighted by Crippen LogP contribution is 2.37. The lowest BCUT2D eigenvalue weighted by molar-refractivity contribution is -0.134. The van der Waals surface area contributed by atoms with Gasteiger partial charge in [-0.05, 0) is 206 Å². The summed E-state index contributed by atoms with van der Waals surface area (Å²) < 4.78 is 46.3. The Morgan fingerprint density at radius 2 is 0.829 bits per heavy atom. The van der Waals surface area contributed by atoms with E-state index in [4.69, 9.17) is 33.0 Å². The summed E-state index contributed by atoms with van der Waals surface area (Å²) in [7, 11) is 12.4. The van der Waals surface area contributed by atoms with Crippen LogP contribution in [0.4, 0.5) is 35.0 Å². The number of hydrogen-bond donors (Lipinski definition) is 11. The fraction of sp³-hybridized carbons (Fsp3) is 0.381. The van der Waals surface area contributed by atoms with Crippen LogP contribution in [0.25, 0.3) is 34.9 Å². The molecule has 0 radical (unpaired) electrons. The van der Waals surface area contributed by atoms with Crippen LogP contribution >= 0.6 is 23.2 Å². The number of Topliss-reactive ketones (excluding diaryl/α,β-unsaturated/α-hetero) is 3. The number of nitrogens with one attached hydrogen (secondary N) is 10. The molecule has 3 atom stereocenters. The second-order valence-corrected chi connectivity index (χ2v) is 29.8. The van der Waals surface area contributed by atoms with Crippen molar-refractivity contribution in [1.82, 2.24) is 55.8 Å². The number of benzene rings is 3. The van der Waals surface area contributed by atoms with E-state index in [2.05, 4.69) is 52.2 Å². The van der Waals surface area contributed by atoms with E-state index in [0.29, 0.717) is 146 Å². The van der Waals surface area contributed by atoms with E-state index in [0.717, 1.165) is 6.08 Å². The SMILES string of the molecule is CN(C)C/C=C/C(=O)O.CN[C@@H](C)C(=O)CCCNC(=O)c1c[nH]c(/C=C2\C(=O)Nc3ccc(F)cc32)c1C.Cc1c(C(=O)NCCCC(=O)[C@H](C)N(C)C(=O)/C=C/CN(C)C)c[nH]c1/C=C1\C(=O)Nc2ccc(F)cc21.Cc1c(C(=O)NCCCC(=O)[C@H](C)N(C)C(=O)OC(C)(C)C)c[nH]c1/C=C1\C(=O)Nc2ccc(F)cc21.ClCCl. The Labute approximate surface area is 688 Å². The highest BCUT2D eigenvalue weighted by molar-refractivity contribution is 6.40. The zero-order valence-electron chi connectivity index (χ0n) is 68.6. The molecule has 0 unspecified atom stereocenters. The number of alkyl halides is 2. The molecule has 3 aromatic heterocycles. The fourth-order valence-corrected chi connectivity index (χ4v) is 11.5. The van der Waals surface area contributed by atoms with Crippen LogP contribution in [0.5, 0.6) is 0 Å². The van der Waals surface area contributed by atoms with Crippen LogP contribution < -0.4 is 37.2 Å². The second-order valence-electron chi connectivity index (χ2n) is 29.0. The molecule has 6 aromatic rings. The van der Waals surface area contributed by atoms with Crippen molar-refractivity contribution in [3.05, 3.63) is 182 Å². The topological polar surface area (TPSA) is 379 Å². The Bertz CT molecular complexity index is 4780. The molecule has 3 aliphatic rings. The molecule has 0 fully saturated rings. The molecule has 117 heavy (non-hydrogen) atoms. The van der Waals surface area contributed by atoms with Crippen molar-refractivity contribution in [3.8, 4) is 0 Å². The van der Waals surface area contributed by atoms with Crippen LogP contribution in [0, 0.1) is 38.2 Å². The molecule has 28 nitrogen and oxygen atoms in total. The number of H-pyrrole nitrogens is 3. The first-order chi connectivity index (χ1) is 55.1. The number of rotatable bonds is 30. The summed E-state index contributed by atoms with van der Waals surface area (Å²) in [5.74, 6) is -4.50. The molecule has 8 amide bonds. The zero-order valence-corrected chi connectivity index (χ0v) is 70.1. The van der Waals surface area contributed by atoms with E-state index in [1.165, 1.54) is 77.5 Å². The number of hydrogen-bond acceptors (Lipinski definition) is 16. The number of carbonyl (C=O) groups excluding carboxylic acids is 11. The number of carbonyl (C=O) groups is 12. The van der Waals surface area contributed by atoms with Crippen molar-refractivity contribution in [1.29, 1.82) is 0 Å². The highest BCUT2D eigenvalue weighted by Gasteiger charge is 2.31. The average molecular weight is 1660 g/mol. The molecule has 6 heterocycles. The molecule has 0 saturated carbocycles. The van der Waals surface area contributed by atoms with E-state index in [1.807, 2.05) is 38.0 Å². The Kier molecular flexibility index (Phi) is 37.5. The summed E-state index contributed by atoms with van der Waals surface area (Å²) in [6.45, 7) is 17.9. The van der Waals surface area contributed by atoms with E-state index in [1.54, 1.807) is 125 Å². The number of aromatic nitrogens is 3. The molecule has 0 spiro atoms. The van der Waals surface area contributed by atoms with E-state index in [9.17, 15) is 70.7 Å². The van der Waals surface area contributed by atoms with Gasteiger partial charge in [-0.3, -0.25) is 47.9 Å². The molecule has 33 heteroatoms. The predicted octanol–water partition coefficient (Wildman–Crippen LogP) is 11.5. The van der Waals surface area contributed by atoms with Crippen molar-refractivity contribution < 1.29 is 80.5 Å². The molecule has 11 N–H and O–H groups in total. The minimum absolute atomic E-state index is 0.0885. The molecule has 3 aromatic carbocycles. The van der Waals surface area contributed by atoms with Gasteiger partial charge in [-0.25, -0.2) is 22.8 Å². The Balaban J connectivity index is 0.000000293. The molecule has 0 bridgehead atoms. The van der Waals surface area contributed by atoms with Gasteiger partial charge in [-0.1, -0.05) is 12.2 Å². The van der Waals surface area contributed by atoms with Gasteiger partial charge in [0.15, 0.2) is 11.6 Å². The quantitative estimate of drug-likeness (QED) is 0.0113. The number of ether oxygens (including phenoxy) is 1. The summed E-state index contributed by atoms with van der Waals surface area (Å²) >= 11 is 9.53. The first-order valence-electron chi connectivity index (χ1n) is 37.5. The van der Waals surface area contributed by atoms with Gasteiger partial charge in [-0.15, -0.1) is 23.2 Å². The molecule has 9 rings (SSSR count). The van der Waals surface area contributed by atoms with Crippen LogP contribution in [0.15, 0.2) is 97.5 Å². The number of carboxylic acids is 1. The maximum atomic E-state index is 13.7. The molecule has 0 aliphatic carbocycles. The molecular weight excluding hydrogens is 1560 g/mol. The van der Waals surface area contributed by atoms with Crippen molar-refractivity contribution in [2.75, 3.05) is 103 Å². The lowest BCUT2D eigenvalue weighted by Crippen LogP contribution is -2.43. The number of aliphatic carboxylic acids is 1. The zero-order chi connectivity index (χ0) is 87.3. The minimum atomic E-state index is -0.892. The third-order valence-corrected chi connectivity index (χ3v) is 18.6. The Hall–Kier alpha value is -11.5. The van der Waals surface area contributed by atoms with Crippen LogP contribution in [-0.4, -0.2) is 222 Å². The monoisotopic (exact) mass is 1660 g/mol. The van der Waals surface area contributed by atoms with Crippen LogP contribution in [0.3, 0.4) is 0 Å². The molecule has 3 aliphatic heterocycles. The van der Waals surface area contributed by atoms with E-state index >= 15 is 0 Å². The smallest absolute Gasteiger partial charge is 0.410 e. The van der Waals surface area contributed by atoms with E-state index < -0.39 is 47.2 Å². The van der Waals surface area contributed by atoms with Crippen molar-refractivity contribution in [2.24, 2.45) is 0 Å². The largest absolute Gasteiger partial charge is 0.478 e. The third kappa shape index (κ3) is 29.0. The summed E-state index contributed by atoms with van der Waals surface area (Å²) in [4.78, 5) is 162. The maximum absolute atomic E-state index is 13.7. The summed E-state index contributed by atoms with van der Waals surface area (Å²) in [5.41, 5.74) is 8.23. The fourth-order valence-electron chi connectivity index (χ4n) is 11.5. The molecule has 630 valence electrons. The van der Waals surface area contributed by atoms with Gasteiger partial charge in [0.2, 0.25) is 5.91 Å². The third-order valence-electron chi connectivity index (χ3n) is 18.6. The van der Waals surface area contributed by atoms with Gasteiger partial charge in [-0.2, -0.15) is 0 Å². The number of aromatic amines is 3. The number of ketones is 3. The Morgan fingerprint density at radius 1 is 0.513 bits per heavy atom. The highest BCUT2D eigenvalue weighted by atomic mass is 35.5. The van der Waals surface area contributed by atoms with Gasteiger partial charge in [0.25, 0.3) is 35.4 Å². The Morgan fingerprint density at radius 3 is 1.14 bits per heavy atom. The number of fused-ring (bicyclic) bond motifs is 3. The number of likely N-dealkylation sites (N-methyl/N-ethyl adjacent to an activating group) is 5. The summed E-state index contributed by atoms with van der Waals surface area (Å²) in [6.07, 6.45) is 17.0. The van der Waals surface area contributed by atoms with Gasteiger partial charge in [0.05, 0.1) is 56.9 Å². The number of nitrogens with zero attached hydrogens (tertiary/aromatic N) is 4. The number of carboxylic acid groups (broad SMARTS) is 1. The van der Waals surface area contributed by atoms with Crippen LogP contribution in [0.1, 0.15) is 162 Å². The van der Waals surface area contributed by atoms with Crippen molar-refractivity contribution >= 4 is 146 Å². The maximum Gasteiger partial charge on any atom is 0.410 e. The second kappa shape index (κ2) is 45.7. The van der Waals surface area contributed by atoms with Gasteiger partial charge < -0.3 is 81.6 Å². The number of anilines is 3. The standard InChI is InChI=1S/C28H34FN5O4.C27H33FN4O5.C22H25FN4O3.C6H11NO2.CH2Cl2/c1-17-22(16-31-24(17)15-21-20-14-19(29)10-11-23(20)32-28(21)38)27(37)30-12-6-8-25(35)18(2)34(5)26(36)9-7-13-33(3)4;1-15-20(14-30-22(15)13-19-18-12-17(28)9-10-21(18)31-25(19)35)24(34)29-11-7-8-23(33)16(2)32(6)26(36)37-27(3,4)5;1-12-17(21(29)25-8-4-5-20(28)13(2)24-3)11-26-19(12)10-16-15-9-14(23)6-7-18(15)27-22(16)30;1-7(2)5-3-4-6(8)9;2-1-3/h7,9-11,14-16,18,31H,6,8,12-13H2,1-5H3,(H,30,37)(H,32,38);9-10,12-14,16,30H,7-8,11H2,1-6H3,(H,29,34)(H,31,35);6-7,9-11,13,24,26H,4-5,8H2,1-3H3,(H,25,29)(H,27,30);3-4H,5H2,1-2H3,(H,8,9);1H2/b9-7+,21-15-;19-13-;16-10-;4-3+;/t18-;16-;13-;;/m000../s1. The first kappa shape index (κ1) is 96.1.